The van der Waals surface area contributed by atoms with Crippen LogP contribution in [0.2, 0.25) is 0 Å². The second kappa shape index (κ2) is 9.85. The molecule has 2 N–H and O–H groups in total. The van der Waals surface area contributed by atoms with Crippen LogP contribution >= 0.6 is 12.2 Å². The average molecular weight is 365 g/mol. The van der Waals surface area contributed by atoms with Gasteiger partial charge >= 0.3 is 5.97 Å². The third kappa shape index (κ3) is 5.49. The van der Waals surface area contributed by atoms with E-state index in [0.29, 0.717) is 17.5 Å². The molecule has 1 unspecified atom stereocenters. The van der Waals surface area contributed by atoms with Crippen molar-refractivity contribution in [2.24, 2.45) is 5.92 Å². The summed E-state index contributed by atoms with van der Waals surface area (Å²) in [6.07, 6.45) is 2.74. The quantitative estimate of drug-likeness (QED) is 0.544. The molecule has 138 valence electrons. The normalized spacial score (nSPS) is 20.5. The van der Waals surface area contributed by atoms with Crippen LogP contribution in [0, 0.1) is 5.92 Å². The molecule has 1 fully saturated rings. The molecule has 1 aliphatic heterocycles. The summed E-state index contributed by atoms with van der Waals surface area (Å²) in [6.45, 7) is 3.05. The minimum Gasteiger partial charge on any atom is -0.467 e. The van der Waals surface area contributed by atoms with Crippen molar-refractivity contribution in [1.29, 1.82) is 0 Å². The number of carbonyl (C=O) groups excluding carboxylic acids is 1. The largest absolute Gasteiger partial charge is 0.467 e. The zero-order valence-corrected chi connectivity index (χ0v) is 16.0. The number of benzene rings is 1. The summed E-state index contributed by atoms with van der Waals surface area (Å²) in [6, 6.07) is 9.64. The molecule has 1 heterocycles. The van der Waals surface area contributed by atoms with Crippen LogP contribution in [-0.4, -0.2) is 49.9 Å². The predicted molar refractivity (Wildman–Crippen MR) is 103 cm³/mol. The van der Waals surface area contributed by atoms with E-state index in [9.17, 15) is 4.79 Å². The third-order valence-corrected chi connectivity index (χ3v) is 5.25. The van der Waals surface area contributed by atoms with E-state index in [4.69, 9.17) is 21.7 Å². The molecule has 1 aromatic carbocycles. The lowest BCUT2D eigenvalue weighted by Crippen LogP contribution is -2.50. The second-order valence-corrected chi connectivity index (χ2v) is 6.91. The summed E-state index contributed by atoms with van der Waals surface area (Å²) >= 11 is 5.59. The lowest BCUT2D eigenvalue weighted by Gasteiger charge is -2.30. The van der Waals surface area contributed by atoms with Crippen molar-refractivity contribution in [1.82, 2.24) is 10.6 Å². The fraction of sp³-hybridized carbons (Fsp3) is 0.579. The minimum absolute atomic E-state index is 0.00136. The van der Waals surface area contributed by atoms with Crippen molar-refractivity contribution in [3.05, 3.63) is 35.9 Å². The van der Waals surface area contributed by atoms with Gasteiger partial charge in [0, 0.05) is 25.5 Å². The maximum atomic E-state index is 12.2. The van der Waals surface area contributed by atoms with Gasteiger partial charge in [-0.2, -0.15) is 0 Å². The van der Waals surface area contributed by atoms with Gasteiger partial charge in [-0.3, -0.25) is 0 Å². The zero-order chi connectivity index (χ0) is 18.2. The van der Waals surface area contributed by atoms with E-state index in [0.717, 1.165) is 24.9 Å². The van der Waals surface area contributed by atoms with Gasteiger partial charge < -0.3 is 20.1 Å². The molecule has 0 spiro atoms. The standard InChI is InChI=1S/C19H28N2O3S/c1-13(17(23-2)15-10-7-11-20-15)18(25)21-16(19(22)24-3)12-14-8-5-4-6-9-14/h4-6,8-9,13,15-17,20H,7,10-12H2,1-3H3,(H,21,25)/t13-,15+,16?,17-/m1/s1. The van der Waals surface area contributed by atoms with Gasteiger partial charge in [-0.25, -0.2) is 4.79 Å². The minimum atomic E-state index is -0.503. The third-order valence-electron chi connectivity index (χ3n) is 4.76. The number of ether oxygens (including phenoxy) is 2. The number of rotatable bonds is 8. The molecule has 6 heteroatoms. The maximum absolute atomic E-state index is 12.2. The number of esters is 1. The predicted octanol–water partition coefficient (Wildman–Crippen LogP) is 2.09. The van der Waals surface area contributed by atoms with E-state index < -0.39 is 6.04 Å². The van der Waals surface area contributed by atoms with Crippen molar-refractivity contribution >= 4 is 23.2 Å². The Morgan fingerprint density at radius 2 is 2.08 bits per heavy atom. The second-order valence-electron chi connectivity index (χ2n) is 6.47. The highest BCUT2D eigenvalue weighted by atomic mass is 32.1. The van der Waals surface area contributed by atoms with E-state index in [1.165, 1.54) is 7.11 Å². The van der Waals surface area contributed by atoms with Gasteiger partial charge in [-0.15, -0.1) is 0 Å². The lowest BCUT2D eigenvalue weighted by atomic mass is 9.95. The van der Waals surface area contributed by atoms with Crippen LogP contribution in [0.25, 0.3) is 0 Å². The number of hydrogen-bond donors (Lipinski definition) is 2. The average Bonchev–Trinajstić information content (AvgIpc) is 3.16. The van der Waals surface area contributed by atoms with Crippen molar-refractivity contribution in [3.63, 3.8) is 0 Å². The first-order valence-electron chi connectivity index (χ1n) is 8.75. The number of methoxy groups -OCH3 is 2. The van der Waals surface area contributed by atoms with Crippen molar-refractivity contribution in [3.8, 4) is 0 Å². The zero-order valence-electron chi connectivity index (χ0n) is 15.2. The van der Waals surface area contributed by atoms with Crippen LogP contribution in [0.15, 0.2) is 30.3 Å². The first-order valence-corrected chi connectivity index (χ1v) is 9.16. The van der Waals surface area contributed by atoms with E-state index in [1.807, 2.05) is 37.3 Å². The smallest absolute Gasteiger partial charge is 0.328 e. The van der Waals surface area contributed by atoms with Crippen LogP contribution in [-0.2, 0) is 20.7 Å². The molecule has 5 nitrogen and oxygen atoms in total. The molecule has 0 bridgehead atoms. The SMILES string of the molecule is COC(=O)C(Cc1ccccc1)NC(=S)[C@H](C)[C@@H](OC)[C@@H]1CCCN1. The molecule has 4 atom stereocenters. The van der Waals surface area contributed by atoms with Gasteiger partial charge in [0.2, 0.25) is 0 Å². The molecule has 0 amide bonds. The highest BCUT2D eigenvalue weighted by molar-refractivity contribution is 7.80. The number of hydrogen-bond acceptors (Lipinski definition) is 5. The van der Waals surface area contributed by atoms with Crippen LogP contribution in [0.1, 0.15) is 25.3 Å². The van der Waals surface area contributed by atoms with Gasteiger partial charge in [0.25, 0.3) is 0 Å². The van der Waals surface area contributed by atoms with E-state index in [-0.39, 0.29) is 18.0 Å². The number of nitrogens with one attached hydrogen (secondary N) is 2. The molecular formula is C19H28N2O3S. The van der Waals surface area contributed by atoms with Gasteiger partial charge in [0.1, 0.15) is 6.04 Å². The Morgan fingerprint density at radius 3 is 2.64 bits per heavy atom. The molecule has 0 aliphatic carbocycles. The van der Waals surface area contributed by atoms with Gasteiger partial charge in [-0.1, -0.05) is 49.5 Å². The highest BCUT2D eigenvalue weighted by Gasteiger charge is 2.32. The van der Waals surface area contributed by atoms with Crippen molar-refractivity contribution in [2.45, 2.75) is 44.4 Å². The van der Waals surface area contributed by atoms with E-state index >= 15 is 0 Å². The Labute approximate surface area is 155 Å². The van der Waals surface area contributed by atoms with Crippen molar-refractivity contribution < 1.29 is 14.3 Å². The first kappa shape index (κ1) is 19.8. The molecule has 1 aliphatic rings. The molecule has 1 aromatic rings. The monoisotopic (exact) mass is 364 g/mol. The molecule has 1 saturated heterocycles. The summed E-state index contributed by atoms with van der Waals surface area (Å²) in [5, 5.41) is 6.67. The van der Waals surface area contributed by atoms with E-state index in [1.54, 1.807) is 7.11 Å². The van der Waals surface area contributed by atoms with Crippen LogP contribution in [0.5, 0.6) is 0 Å². The Hall–Kier alpha value is -1.50. The molecule has 2 rings (SSSR count). The fourth-order valence-corrected chi connectivity index (χ4v) is 3.62. The Balaban J connectivity index is 2.03. The highest BCUT2D eigenvalue weighted by Crippen LogP contribution is 2.20. The Morgan fingerprint density at radius 1 is 1.36 bits per heavy atom. The van der Waals surface area contributed by atoms with Crippen LogP contribution in [0.4, 0.5) is 0 Å². The van der Waals surface area contributed by atoms with E-state index in [2.05, 4.69) is 10.6 Å². The van der Waals surface area contributed by atoms with Gasteiger partial charge in [0.05, 0.1) is 18.2 Å². The maximum Gasteiger partial charge on any atom is 0.328 e. The van der Waals surface area contributed by atoms with Crippen LogP contribution < -0.4 is 10.6 Å². The fourth-order valence-electron chi connectivity index (χ4n) is 3.35. The van der Waals surface area contributed by atoms with Gasteiger partial charge in [-0.05, 0) is 24.9 Å². The summed E-state index contributed by atoms with van der Waals surface area (Å²) in [7, 11) is 3.11. The summed E-state index contributed by atoms with van der Waals surface area (Å²) in [5.41, 5.74) is 1.06. The molecule has 25 heavy (non-hydrogen) atoms. The van der Waals surface area contributed by atoms with Crippen molar-refractivity contribution in [2.75, 3.05) is 20.8 Å². The molecule has 0 saturated carbocycles. The van der Waals surface area contributed by atoms with Gasteiger partial charge in [0.15, 0.2) is 0 Å². The Kier molecular flexibility index (Phi) is 7.81. The summed E-state index contributed by atoms with van der Waals surface area (Å²) in [5.74, 6) is -0.315. The number of carbonyl (C=O) groups is 1. The molecular weight excluding hydrogens is 336 g/mol. The lowest BCUT2D eigenvalue weighted by molar-refractivity contribution is -0.142. The van der Waals surface area contributed by atoms with Crippen LogP contribution in [0.3, 0.4) is 0 Å². The summed E-state index contributed by atoms with van der Waals surface area (Å²) in [4.78, 5) is 12.8. The topological polar surface area (TPSA) is 59.6 Å². The first-order chi connectivity index (χ1) is 12.1. The summed E-state index contributed by atoms with van der Waals surface area (Å²) < 4.78 is 10.6. The molecule has 0 radical (unpaired) electrons. The molecule has 0 aromatic heterocycles. The number of thiocarbonyl (C=S) groups is 1. The Bertz CT molecular complexity index is 561.